The Balaban J connectivity index is 1.99. The second-order valence-electron chi connectivity index (χ2n) is 7.19. The van der Waals surface area contributed by atoms with Crippen LogP contribution in [-0.2, 0) is 0 Å². The summed E-state index contributed by atoms with van der Waals surface area (Å²) in [5, 5.41) is 0.141. The standard InChI is InChI=1S/C18H23FN4O3/c1-26-16-14-12(17(24)21-18(25)23(14)11-4-5-11)7-13(19)15(16)22-6-2-3-10(8-20)9-22/h7,10-11H,2-6,8-9,20H2,1H3,(H,21,24,25). The molecule has 1 unspecified atom stereocenters. The summed E-state index contributed by atoms with van der Waals surface area (Å²) in [6, 6.07) is 1.24. The fourth-order valence-electron chi connectivity index (χ4n) is 3.97. The maximum absolute atomic E-state index is 15.0. The van der Waals surface area contributed by atoms with Crippen molar-refractivity contribution in [2.45, 2.75) is 31.7 Å². The third kappa shape index (κ3) is 2.68. The average molecular weight is 362 g/mol. The van der Waals surface area contributed by atoms with Crippen LogP contribution in [-0.4, -0.2) is 36.3 Å². The Kier molecular flexibility index (Phi) is 4.22. The minimum absolute atomic E-state index is 0.0206. The summed E-state index contributed by atoms with van der Waals surface area (Å²) in [6.07, 6.45) is 3.63. The number of nitrogens with two attached hydrogens (primary N) is 1. The van der Waals surface area contributed by atoms with E-state index in [0.717, 1.165) is 25.7 Å². The third-order valence-corrected chi connectivity index (χ3v) is 5.39. The van der Waals surface area contributed by atoms with Gasteiger partial charge in [-0.25, -0.2) is 9.18 Å². The van der Waals surface area contributed by atoms with Crippen molar-refractivity contribution in [2.24, 2.45) is 11.7 Å². The van der Waals surface area contributed by atoms with Crippen LogP contribution in [0.4, 0.5) is 10.1 Å². The number of hydrogen-bond acceptors (Lipinski definition) is 5. The van der Waals surface area contributed by atoms with Crippen LogP contribution in [0.15, 0.2) is 15.7 Å². The normalized spacial score (nSPS) is 20.6. The smallest absolute Gasteiger partial charge is 0.329 e. The Hall–Kier alpha value is -2.35. The lowest BCUT2D eigenvalue weighted by Crippen LogP contribution is -2.39. The number of aromatic amines is 1. The summed E-state index contributed by atoms with van der Waals surface area (Å²) in [5.74, 6) is 0.0274. The van der Waals surface area contributed by atoms with Crippen molar-refractivity contribution in [1.29, 1.82) is 0 Å². The summed E-state index contributed by atoms with van der Waals surface area (Å²) in [6.45, 7) is 1.86. The molecule has 1 aliphatic carbocycles. The molecule has 3 N–H and O–H groups in total. The highest BCUT2D eigenvalue weighted by Gasteiger charge is 2.32. The second-order valence-corrected chi connectivity index (χ2v) is 7.19. The number of anilines is 1. The van der Waals surface area contributed by atoms with Crippen molar-refractivity contribution in [3.63, 3.8) is 0 Å². The van der Waals surface area contributed by atoms with E-state index in [1.165, 1.54) is 13.2 Å². The molecule has 1 atom stereocenters. The number of piperidine rings is 1. The van der Waals surface area contributed by atoms with E-state index in [-0.39, 0.29) is 23.1 Å². The van der Waals surface area contributed by atoms with Crippen LogP contribution in [0.5, 0.6) is 5.75 Å². The lowest BCUT2D eigenvalue weighted by molar-refractivity contribution is 0.394. The van der Waals surface area contributed by atoms with E-state index in [1.54, 1.807) is 4.57 Å². The number of H-pyrrole nitrogens is 1. The molecule has 7 nitrogen and oxygen atoms in total. The van der Waals surface area contributed by atoms with Crippen LogP contribution in [0.2, 0.25) is 0 Å². The molecule has 2 fully saturated rings. The lowest BCUT2D eigenvalue weighted by atomic mass is 9.97. The molecule has 2 heterocycles. The summed E-state index contributed by atoms with van der Waals surface area (Å²) >= 11 is 0. The first-order valence-electron chi connectivity index (χ1n) is 9.05. The first kappa shape index (κ1) is 17.1. The van der Waals surface area contributed by atoms with Crippen LogP contribution >= 0.6 is 0 Å². The molecular formula is C18H23FN4O3. The van der Waals surface area contributed by atoms with E-state index in [4.69, 9.17) is 10.5 Å². The average Bonchev–Trinajstić information content (AvgIpc) is 3.46. The topological polar surface area (TPSA) is 93.3 Å². The van der Waals surface area contributed by atoms with Gasteiger partial charge in [0, 0.05) is 19.1 Å². The summed E-state index contributed by atoms with van der Waals surface area (Å²) in [7, 11) is 1.45. The number of rotatable bonds is 4. The van der Waals surface area contributed by atoms with Crippen molar-refractivity contribution in [1.82, 2.24) is 9.55 Å². The van der Waals surface area contributed by atoms with Crippen molar-refractivity contribution >= 4 is 16.6 Å². The van der Waals surface area contributed by atoms with E-state index in [1.807, 2.05) is 4.90 Å². The van der Waals surface area contributed by atoms with Gasteiger partial charge in [-0.05, 0) is 44.2 Å². The van der Waals surface area contributed by atoms with Crippen LogP contribution in [0.1, 0.15) is 31.7 Å². The Morgan fingerprint density at radius 3 is 2.77 bits per heavy atom. The highest BCUT2D eigenvalue weighted by atomic mass is 19.1. The molecule has 1 saturated heterocycles. The van der Waals surface area contributed by atoms with Gasteiger partial charge in [0.25, 0.3) is 5.56 Å². The van der Waals surface area contributed by atoms with Crippen LogP contribution in [0.3, 0.4) is 0 Å². The molecule has 8 heteroatoms. The molecular weight excluding hydrogens is 339 g/mol. The Bertz CT molecular complexity index is 964. The van der Waals surface area contributed by atoms with Gasteiger partial charge in [0.1, 0.15) is 11.2 Å². The Morgan fingerprint density at radius 2 is 2.12 bits per heavy atom. The van der Waals surface area contributed by atoms with E-state index >= 15 is 4.39 Å². The third-order valence-electron chi connectivity index (χ3n) is 5.39. The quantitative estimate of drug-likeness (QED) is 0.856. The van der Waals surface area contributed by atoms with Crippen molar-refractivity contribution in [3.05, 3.63) is 32.7 Å². The van der Waals surface area contributed by atoms with Crippen molar-refractivity contribution < 1.29 is 9.13 Å². The van der Waals surface area contributed by atoms with Crippen molar-refractivity contribution in [3.8, 4) is 5.75 Å². The highest BCUT2D eigenvalue weighted by Crippen LogP contribution is 2.43. The molecule has 2 aliphatic rings. The summed E-state index contributed by atoms with van der Waals surface area (Å²) < 4.78 is 22.1. The Labute approximate surface area is 149 Å². The second kappa shape index (κ2) is 6.42. The van der Waals surface area contributed by atoms with Gasteiger partial charge in [0.15, 0.2) is 11.6 Å². The predicted molar refractivity (Wildman–Crippen MR) is 97.6 cm³/mol. The van der Waals surface area contributed by atoms with Crippen LogP contribution in [0.25, 0.3) is 10.9 Å². The fourth-order valence-corrected chi connectivity index (χ4v) is 3.97. The number of methoxy groups -OCH3 is 1. The molecule has 0 bridgehead atoms. The van der Waals surface area contributed by atoms with Crippen molar-refractivity contribution in [2.75, 3.05) is 31.6 Å². The summed E-state index contributed by atoms with van der Waals surface area (Å²) in [5.41, 5.74) is 5.45. The number of benzene rings is 1. The fraction of sp³-hybridized carbons (Fsp3) is 0.556. The number of halogens is 1. The molecule has 140 valence electrons. The first-order valence-corrected chi connectivity index (χ1v) is 9.05. The van der Waals surface area contributed by atoms with Gasteiger partial charge in [0.2, 0.25) is 0 Å². The van der Waals surface area contributed by atoms with Gasteiger partial charge in [-0.3, -0.25) is 14.3 Å². The Morgan fingerprint density at radius 1 is 1.35 bits per heavy atom. The number of nitrogens with zero attached hydrogens (tertiary/aromatic N) is 2. The molecule has 1 aromatic heterocycles. The zero-order valence-electron chi connectivity index (χ0n) is 14.8. The van der Waals surface area contributed by atoms with Gasteiger partial charge < -0.3 is 15.4 Å². The minimum Gasteiger partial charge on any atom is -0.492 e. The first-order chi connectivity index (χ1) is 12.5. The van der Waals surface area contributed by atoms with E-state index in [0.29, 0.717) is 30.8 Å². The van der Waals surface area contributed by atoms with Crippen LogP contribution in [0, 0.1) is 11.7 Å². The zero-order chi connectivity index (χ0) is 18.4. The number of hydrogen-bond donors (Lipinski definition) is 2. The molecule has 1 saturated carbocycles. The molecule has 0 amide bonds. The van der Waals surface area contributed by atoms with Gasteiger partial charge in [-0.15, -0.1) is 0 Å². The number of fused-ring (bicyclic) bond motifs is 1. The highest BCUT2D eigenvalue weighted by molar-refractivity contribution is 5.91. The molecule has 26 heavy (non-hydrogen) atoms. The van der Waals surface area contributed by atoms with E-state index in [2.05, 4.69) is 4.98 Å². The predicted octanol–water partition coefficient (Wildman–Crippen LogP) is 1.35. The van der Waals surface area contributed by atoms with E-state index < -0.39 is 17.1 Å². The minimum atomic E-state index is -0.593. The maximum atomic E-state index is 15.0. The molecule has 2 aromatic rings. The number of nitrogens with one attached hydrogen (secondary N) is 1. The summed E-state index contributed by atoms with van der Waals surface area (Å²) in [4.78, 5) is 28.9. The SMILES string of the molecule is COc1c(N2CCCC(CN)C2)c(F)cc2c(=O)[nH]c(=O)n(C3CC3)c12. The number of ether oxygens (including phenoxy) is 1. The molecule has 0 spiro atoms. The van der Waals surface area contributed by atoms with Crippen LogP contribution < -0.4 is 26.6 Å². The molecule has 4 rings (SSSR count). The van der Waals surface area contributed by atoms with E-state index in [9.17, 15) is 9.59 Å². The van der Waals surface area contributed by atoms with Gasteiger partial charge in [-0.1, -0.05) is 0 Å². The lowest BCUT2D eigenvalue weighted by Gasteiger charge is -2.35. The maximum Gasteiger partial charge on any atom is 0.329 e. The number of aromatic nitrogens is 2. The monoisotopic (exact) mass is 362 g/mol. The zero-order valence-corrected chi connectivity index (χ0v) is 14.8. The largest absolute Gasteiger partial charge is 0.492 e. The van der Waals surface area contributed by atoms with Gasteiger partial charge in [-0.2, -0.15) is 0 Å². The van der Waals surface area contributed by atoms with Gasteiger partial charge in [0.05, 0.1) is 12.5 Å². The molecule has 1 aromatic carbocycles. The molecule has 1 aliphatic heterocycles. The molecule has 0 radical (unpaired) electrons. The van der Waals surface area contributed by atoms with Gasteiger partial charge >= 0.3 is 5.69 Å².